The summed E-state index contributed by atoms with van der Waals surface area (Å²) in [4.78, 5) is 18.0. The fourth-order valence-corrected chi connectivity index (χ4v) is 4.39. The zero-order chi connectivity index (χ0) is 20.4. The predicted octanol–water partition coefficient (Wildman–Crippen LogP) is 5.48. The summed E-state index contributed by atoms with van der Waals surface area (Å²) >= 11 is 7.41. The molecule has 0 saturated carbocycles. The van der Waals surface area contributed by atoms with Gasteiger partial charge in [-0.15, -0.1) is 0 Å². The van der Waals surface area contributed by atoms with E-state index in [9.17, 15) is 9.18 Å². The van der Waals surface area contributed by atoms with E-state index in [1.165, 1.54) is 22.4 Å². The number of fused-ring (bicyclic) bond motifs is 1. The highest BCUT2D eigenvalue weighted by molar-refractivity contribution is 7.98. The summed E-state index contributed by atoms with van der Waals surface area (Å²) in [7, 11) is 1.55. The molecule has 0 atom stereocenters. The Hall–Kier alpha value is -2.83. The van der Waals surface area contributed by atoms with E-state index < -0.39 is 5.82 Å². The maximum Gasteiger partial charge on any atom is 0.266 e. The largest absolute Gasteiger partial charge is 0.495 e. The highest BCUT2D eigenvalue weighted by atomic mass is 35.5. The van der Waals surface area contributed by atoms with Crippen LogP contribution in [0.25, 0.3) is 16.6 Å². The zero-order valence-corrected chi connectivity index (χ0v) is 17.0. The van der Waals surface area contributed by atoms with Gasteiger partial charge in [0.25, 0.3) is 5.56 Å². The van der Waals surface area contributed by atoms with Crippen LogP contribution in [0.1, 0.15) is 5.56 Å². The monoisotopic (exact) mass is 426 g/mol. The smallest absolute Gasteiger partial charge is 0.266 e. The average Bonchev–Trinajstić information content (AvgIpc) is 2.74. The number of rotatable bonds is 5. The molecule has 4 nitrogen and oxygen atoms in total. The summed E-state index contributed by atoms with van der Waals surface area (Å²) in [5.74, 6) is 0.375. The van der Waals surface area contributed by atoms with Gasteiger partial charge in [-0.05, 0) is 36.4 Å². The van der Waals surface area contributed by atoms with Crippen molar-refractivity contribution in [2.75, 3.05) is 7.11 Å². The molecule has 4 rings (SSSR count). The standard InChI is InChI=1S/C22H16ClFN2O2S/c1-28-20-12-5-4-11-19(20)26-21(27)14-7-2-3-10-18(14)25-22(26)29-13-15-16(23)8-6-9-17(15)24/h2-12H,13H2,1H3. The SMILES string of the molecule is COc1ccccc1-n1c(SCc2c(F)cccc2Cl)nc2ccccc2c1=O. The number of aromatic nitrogens is 2. The quantitative estimate of drug-likeness (QED) is 0.313. The van der Waals surface area contributed by atoms with Gasteiger partial charge in [-0.3, -0.25) is 9.36 Å². The molecule has 0 fully saturated rings. The first-order valence-corrected chi connectivity index (χ1v) is 10.2. The number of halogens is 2. The van der Waals surface area contributed by atoms with E-state index in [1.807, 2.05) is 18.2 Å². The first-order chi connectivity index (χ1) is 14.1. The van der Waals surface area contributed by atoms with Crippen LogP contribution in [0.3, 0.4) is 0 Å². The maximum absolute atomic E-state index is 14.2. The first kappa shape index (κ1) is 19.5. The lowest BCUT2D eigenvalue weighted by molar-refractivity contribution is 0.411. The molecule has 0 bridgehead atoms. The summed E-state index contributed by atoms with van der Waals surface area (Å²) in [5.41, 5.74) is 1.29. The van der Waals surface area contributed by atoms with Crippen LogP contribution in [-0.2, 0) is 5.75 Å². The van der Waals surface area contributed by atoms with Crippen LogP contribution in [0, 0.1) is 5.82 Å². The Morgan fingerprint density at radius 3 is 2.62 bits per heavy atom. The van der Waals surface area contributed by atoms with Gasteiger partial charge in [0.1, 0.15) is 11.6 Å². The Bertz CT molecular complexity index is 1240. The Morgan fingerprint density at radius 1 is 1.07 bits per heavy atom. The minimum atomic E-state index is -0.392. The van der Waals surface area contributed by atoms with Crippen LogP contribution in [0.2, 0.25) is 5.02 Å². The molecule has 0 aliphatic carbocycles. The van der Waals surface area contributed by atoms with E-state index >= 15 is 0 Å². The molecular weight excluding hydrogens is 411 g/mol. The molecule has 0 spiro atoms. The van der Waals surface area contributed by atoms with Gasteiger partial charge in [-0.2, -0.15) is 0 Å². The van der Waals surface area contributed by atoms with Gasteiger partial charge in [0.15, 0.2) is 5.16 Å². The third-order valence-corrected chi connectivity index (χ3v) is 5.80. The van der Waals surface area contributed by atoms with E-state index in [4.69, 9.17) is 16.3 Å². The molecule has 7 heteroatoms. The number of ether oxygens (including phenoxy) is 1. The second-order valence-electron chi connectivity index (χ2n) is 6.21. The molecule has 0 aliphatic heterocycles. The Balaban J connectivity index is 1.89. The molecule has 0 N–H and O–H groups in total. The summed E-state index contributed by atoms with van der Waals surface area (Å²) in [6.45, 7) is 0. The zero-order valence-electron chi connectivity index (χ0n) is 15.4. The fraction of sp³-hybridized carbons (Fsp3) is 0.0909. The molecule has 146 valence electrons. The Kier molecular flexibility index (Phi) is 5.56. The van der Waals surface area contributed by atoms with Crippen molar-refractivity contribution in [2.45, 2.75) is 10.9 Å². The van der Waals surface area contributed by atoms with Gasteiger partial charge >= 0.3 is 0 Å². The summed E-state index contributed by atoms with van der Waals surface area (Å²) in [5, 5.41) is 1.26. The molecule has 1 heterocycles. The van der Waals surface area contributed by atoms with Crippen LogP contribution >= 0.6 is 23.4 Å². The van der Waals surface area contributed by atoms with Gasteiger partial charge in [0, 0.05) is 16.3 Å². The minimum absolute atomic E-state index is 0.220. The molecular formula is C22H16ClFN2O2S. The lowest BCUT2D eigenvalue weighted by Gasteiger charge is -2.16. The molecule has 29 heavy (non-hydrogen) atoms. The van der Waals surface area contributed by atoms with Gasteiger partial charge in [0.2, 0.25) is 0 Å². The molecule has 0 amide bonds. The van der Waals surface area contributed by atoms with Crippen LogP contribution < -0.4 is 10.3 Å². The van der Waals surface area contributed by atoms with Crippen molar-refractivity contribution in [2.24, 2.45) is 0 Å². The van der Waals surface area contributed by atoms with Gasteiger partial charge in [-0.25, -0.2) is 9.37 Å². The van der Waals surface area contributed by atoms with Gasteiger partial charge in [-0.1, -0.05) is 53.7 Å². The van der Waals surface area contributed by atoms with Crippen LogP contribution in [0.15, 0.2) is 76.7 Å². The lowest BCUT2D eigenvalue weighted by Crippen LogP contribution is -2.22. The van der Waals surface area contributed by atoms with E-state index in [0.717, 1.165) is 0 Å². The number of hydrogen-bond donors (Lipinski definition) is 0. The second kappa shape index (κ2) is 8.27. The molecule has 0 unspecified atom stereocenters. The Morgan fingerprint density at radius 2 is 1.83 bits per heavy atom. The number of methoxy groups -OCH3 is 1. The number of hydrogen-bond acceptors (Lipinski definition) is 4. The van der Waals surface area contributed by atoms with Crippen LogP contribution in [0.4, 0.5) is 4.39 Å². The Labute approximate surface area is 175 Å². The summed E-state index contributed by atoms with van der Waals surface area (Å²) in [6.07, 6.45) is 0. The maximum atomic E-state index is 14.2. The molecule has 0 aliphatic rings. The van der Waals surface area contributed by atoms with E-state index in [1.54, 1.807) is 49.6 Å². The third kappa shape index (κ3) is 3.73. The van der Waals surface area contributed by atoms with Crippen molar-refractivity contribution in [1.29, 1.82) is 0 Å². The average molecular weight is 427 g/mol. The normalized spacial score (nSPS) is 11.0. The van der Waals surface area contributed by atoms with Crippen LogP contribution in [0.5, 0.6) is 5.75 Å². The molecule has 0 saturated heterocycles. The van der Waals surface area contributed by atoms with Crippen molar-refractivity contribution in [3.05, 3.63) is 93.5 Å². The number of thioether (sulfide) groups is 1. The van der Waals surface area contributed by atoms with Crippen molar-refractivity contribution < 1.29 is 9.13 Å². The van der Waals surface area contributed by atoms with Crippen molar-refractivity contribution in [1.82, 2.24) is 9.55 Å². The van der Waals surface area contributed by atoms with Gasteiger partial charge in [0.05, 0.1) is 23.7 Å². The van der Waals surface area contributed by atoms with Crippen molar-refractivity contribution in [3.8, 4) is 11.4 Å². The van der Waals surface area contributed by atoms with Crippen LogP contribution in [-0.4, -0.2) is 16.7 Å². The summed E-state index contributed by atoms with van der Waals surface area (Å²) < 4.78 is 21.2. The van der Waals surface area contributed by atoms with Crippen molar-refractivity contribution >= 4 is 34.3 Å². The number of benzene rings is 3. The predicted molar refractivity (Wildman–Crippen MR) is 115 cm³/mol. The van der Waals surface area contributed by atoms with Crippen molar-refractivity contribution in [3.63, 3.8) is 0 Å². The highest BCUT2D eigenvalue weighted by Crippen LogP contribution is 2.31. The molecule has 0 radical (unpaired) electrons. The first-order valence-electron chi connectivity index (χ1n) is 8.81. The molecule has 4 aromatic rings. The number of nitrogens with zero attached hydrogens (tertiary/aromatic N) is 2. The topological polar surface area (TPSA) is 44.1 Å². The van der Waals surface area contributed by atoms with E-state index in [0.29, 0.717) is 38.1 Å². The highest BCUT2D eigenvalue weighted by Gasteiger charge is 2.17. The van der Waals surface area contributed by atoms with E-state index in [-0.39, 0.29) is 11.3 Å². The molecule has 3 aromatic carbocycles. The lowest BCUT2D eigenvalue weighted by atomic mass is 10.2. The molecule has 1 aromatic heterocycles. The third-order valence-electron chi connectivity index (χ3n) is 4.48. The summed E-state index contributed by atoms with van der Waals surface area (Å²) in [6, 6.07) is 18.9. The minimum Gasteiger partial charge on any atom is -0.495 e. The van der Waals surface area contributed by atoms with E-state index in [2.05, 4.69) is 4.98 Å². The fourth-order valence-electron chi connectivity index (χ4n) is 3.04. The van der Waals surface area contributed by atoms with Gasteiger partial charge < -0.3 is 4.74 Å². The second-order valence-corrected chi connectivity index (χ2v) is 7.56. The number of para-hydroxylation sites is 3.